The topological polar surface area (TPSA) is 9.23 Å². The van der Waals surface area contributed by atoms with E-state index in [0.29, 0.717) is 0 Å². The highest BCUT2D eigenvalue weighted by molar-refractivity contribution is 8.06. The van der Waals surface area contributed by atoms with E-state index in [1.807, 2.05) is 42.1 Å². The molecule has 0 amide bonds. The molecule has 0 N–H and O–H groups in total. The minimum Gasteiger partial charge on any atom is -0.492 e. The lowest BCUT2D eigenvalue weighted by molar-refractivity contribution is 0.330. The van der Waals surface area contributed by atoms with Crippen molar-refractivity contribution in [3.63, 3.8) is 0 Å². The van der Waals surface area contributed by atoms with E-state index in [-0.39, 0.29) is 0 Å². The number of para-hydroxylation sites is 1. The molecule has 1 aromatic rings. The van der Waals surface area contributed by atoms with E-state index < -0.39 is 0 Å². The molecule has 2 rings (SSSR count). The van der Waals surface area contributed by atoms with E-state index in [0.717, 1.165) is 17.6 Å². The summed E-state index contributed by atoms with van der Waals surface area (Å²) in [4.78, 5) is 0. The first-order valence-electron chi connectivity index (χ1n) is 3.74. The molecule has 1 atom stereocenters. The Balaban J connectivity index is 1.85. The van der Waals surface area contributed by atoms with Crippen LogP contribution >= 0.6 is 11.8 Å². The average molecular weight is 166 g/mol. The quantitative estimate of drug-likeness (QED) is 0.636. The van der Waals surface area contributed by atoms with E-state index in [1.165, 1.54) is 5.75 Å². The zero-order valence-electron chi connectivity index (χ0n) is 6.19. The maximum atomic E-state index is 5.51. The van der Waals surface area contributed by atoms with Crippen LogP contribution in [0, 0.1) is 0 Å². The molecule has 1 nitrogen and oxygen atoms in total. The van der Waals surface area contributed by atoms with Crippen molar-refractivity contribution in [1.29, 1.82) is 0 Å². The summed E-state index contributed by atoms with van der Waals surface area (Å²) in [6, 6.07) is 9.98. The third kappa shape index (κ3) is 2.15. The molecular weight excluding hydrogens is 156 g/mol. The minimum absolute atomic E-state index is 0.759. The van der Waals surface area contributed by atoms with E-state index in [1.54, 1.807) is 0 Å². The van der Waals surface area contributed by atoms with E-state index >= 15 is 0 Å². The Morgan fingerprint density at radius 3 is 2.73 bits per heavy atom. The third-order valence-electron chi connectivity index (χ3n) is 1.58. The molecule has 11 heavy (non-hydrogen) atoms. The lowest BCUT2D eigenvalue weighted by Gasteiger charge is -2.02. The monoisotopic (exact) mass is 166 g/mol. The van der Waals surface area contributed by atoms with Gasteiger partial charge in [0.15, 0.2) is 0 Å². The molecule has 0 aliphatic carbocycles. The molecule has 1 saturated heterocycles. The van der Waals surface area contributed by atoms with Gasteiger partial charge in [0, 0.05) is 11.0 Å². The van der Waals surface area contributed by atoms with Crippen LogP contribution in [0.3, 0.4) is 0 Å². The van der Waals surface area contributed by atoms with E-state index in [4.69, 9.17) is 4.74 Å². The number of benzene rings is 1. The van der Waals surface area contributed by atoms with Crippen molar-refractivity contribution in [1.82, 2.24) is 0 Å². The highest BCUT2D eigenvalue weighted by atomic mass is 32.2. The van der Waals surface area contributed by atoms with Crippen LogP contribution in [0.5, 0.6) is 5.75 Å². The van der Waals surface area contributed by atoms with Gasteiger partial charge in [-0.2, -0.15) is 11.8 Å². The summed E-state index contributed by atoms with van der Waals surface area (Å²) in [6.07, 6.45) is 0. The zero-order chi connectivity index (χ0) is 7.52. The molecule has 0 aromatic heterocycles. The molecule has 58 valence electrons. The first-order chi connectivity index (χ1) is 5.45. The van der Waals surface area contributed by atoms with Crippen LogP contribution in [0.15, 0.2) is 30.3 Å². The number of hydrogen-bond acceptors (Lipinski definition) is 2. The van der Waals surface area contributed by atoms with Gasteiger partial charge in [0.05, 0.1) is 0 Å². The average Bonchev–Trinajstić information content (AvgIpc) is 2.86. The summed E-state index contributed by atoms with van der Waals surface area (Å²) in [5.74, 6) is 2.26. The summed E-state index contributed by atoms with van der Waals surface area (Å²) in [6.45, 7) is 0.870. The first-order valence-corrected chi connectivity index (χ1v) is 4.79. The Kier molecular flexibility index (Phi) is 2.04. The molecule has 1 aliphatic heterocycles. The van der Waals surface area contributed by atoms with Gasteiger partial charge in [0.2, 0.25) is 0 Å². The zero-order valence-corrected chi connectivity index (χ0v) is 7.01. The van der Waals surface area contributed by atoms with Gasteiger partial charge in [-0.25, -0.2) is 0 Å². The first kappa shape index (κ1) is 7.04. The van der Waals surface area contributed by atoms with Crippen molar-refractivity contribution in [3.05, 3.63) is 30.3 Å². The molecule has 2 heteroatoms. The molecule has 1 aliphatic rings. The molecule has 1 heterocycles. The Morgan fingerprint density at radius 1 is 1.36 bits per heavy atom. The molecule has 1 fully saturated rings. The van der Waals surface area contributed by atoms with Crippen molar-refractivity contribution < 1.29 is 4.74 Å². The van der Waals surface area contributed by atoms with Gasteiger partial charge in [0.1, 0.15) is 12.4 Å². The van der Waals surface area contributed by atoms with Gasteiger partial charge in [-0.1, -0.05) is 18.2 Å². The second-order valence-corrected chi connectivity index (χ2v) is 3.91. The van der Waals surface area contributed by atoms with Crippen molar-refractivity contribution in [2.24, 2.45) is 0 Å². The van der Waals surface area contributed by atoms with E-state index in [2.05, 4.69) is 0 Å². The Labute approximate surface area is 70.8 Å². The van der Waals surface area contributed by atoms with Crippen LogP contribution in [0.25, 0.3) is 0 Å². The smallest absolute Gasteiger partial charge is 0.119 e. The van der Waals surface area contributed by atoms with Gasteiger partial charge in [-0.05, 0) is 12.1 Å². The Bertz CT molecular complexity index is 218. The van der Waals surface area contributed by atoms with Crippen molar-refractivity contribution in [2.45, 2.75) is 5.25 Å². The second-order valence-electron chi connectivity index (χ2n) is 2.58. The van der Waals surface area contributed by atoms with Gasteiger partial charge >= 0.3 is 0 Å². The maximum absolute atomic E-state index is 5.51. The van der Waals surface area contributed by atoms with Crippen LogP contribution in [0.2, 0.25) is 0 Å². The molecule has 0 radical (unpaired) electrons. The van der Waals surface area contributed by atoms with Gasteiger partial charge in [0.25, 0.3) is 0 Å². The van der Waals surface area contributed by atoms with Crippen molar-refractivity contribution in [3.8, 4) is 5.75 Å². The standard InChI is InChI=1S/C9H10OS/c1-2-4-8(5-3-1)10-6-9-7-11-9/h1-5,9H,6-7H2/t9-/m1/s1. The predicted octanol–water partition coefficient (Wildman–Crippen LogP) is 2.18. The van der Waals surface area contributed by atoms with Crippen LogP contribution in [-0.2, 0) is 0 Å². The normalized spacial score (nSPS) is 21.3. The highest BCUT2D eigenvalue weighted by Crippen LogP contribution is 2.30. The summed E-state index contributed by atoms with van der Waals surface area (Å²) in [5.41, 5.74) is 0. The molecule has 0 unspecified atom stereocenters. The lowest BCUT2D eigenvalue weighted by Crippen LogP contribution is -2.02. The Hall–Kier alpha value is -0.630. The SMILES string of the molecule is c1ccc(OC[C@@H]2CS2)cc1. The largest absolute Gasteiger partial charge is 0.492 e. The van der Waals surface area contributed by atoms with Gasteiger partial charge < -0.3 is 4.74 Å². The van der Waals surface area contributed by atoms with Crippen LogP contribution in [-0.4, -0.2) is 17.6 Å². The molecule has 1 aromatic carbocycles. The van der Waals surface area contributed by atoms with Crippen LogP contribution in [0.4, 0.5) is 0 Å². The summed E-state index contributed by atoms with van der Waals surface area (Å²) >= 11 is 1.96. The van der Waals surface area contributed by atoms with Crippen LogP contribution < -0.4 is 4.74 Å². The number of ether oxygens (including phenoxy) is 1. The third-order valence-corrected chi connectivity index (χ3v) is 2.52. The summed E-state index contributed by atoms with van der Waals surface area (Å²) < 4.78 is 5.51. The predicted molar refractivity (Wildman–Crippen MR) is 48.2 cm³/mol. The fourth-order valence-electron chi connectivity index (χ4n) is 0.870. The van der Waals surface area contributed by atoms with Crippen LogP contribution in [0.1, 0.15) is 0 Å². The fourth-order valence-corrected chi connectivity index (χ4v) is 1.27. The summed E-state index contributed by atoms with van der Waals surface area (Å²) in [5, 5.41) is 0.759. The Morgan fingerprint density at radius 2 is 2.09 bits per heavy atom. The van der Waals surface area contributed by atoms with Gasteiger partial charge in [-0.3, -0.25) is 0 Å². The maximum Gasteiger partial charge on any atom is 0.119 e. The number of thioether (sulfide) groups is 1. The molecule has 0 spiro atoms. The number of rotatable bonds is 3. The molecule has 0 bridgehead atoms. The molecule has 0 saturated carbocycles. The van der Waals surface area contributed by atoms with Gasteiger partial charge in [-0.15, -0.1) is 0 Å². The van der Waals surface area contributed by atoms with E-state index in [9.17, 15) is 0 Å². The second kappa shape index (κ2) is 3.18. The summed E-state index contributed by atoms with van der Waals surface area (Å²) in [7, 11) is 0. The fraction of sp³-hybridized carbons (Fsp3) is 0.333. The number of hydrogen-bond donors (Lipinski definition) is 0. The highest BCUT2D eigenvalue weighted by Gasteiger charge is 2.22. The van der Waals surface area contributed by atoms with Crippen molar-refractivity contribution in [2.75, 3.05) is 12.4 Å². The molecular formula is C9H10OS. The minimum atomic E-state index is 0.759. The lowest BCUT2D eigenvalue weighted by atomic mass is 10.3. The van der Waals surface area contributed by atoms with Crippen molar-refractivity contribution >= 4 is 11.8 Å².